The molecular formula is C10H13NO4S2. The summed E-state index contributed by atoms with van der Waals surface area (Å²) in [5, 5.41) is 8.48. The Morgan fingerprint density at radius 3 is 2.76 bits per heavy atom. The van der Waals surface area contributed by atoms with Crippen LogP contribution in [0.1, 0.15) is 23.7 Å². The van der Waals surface area contributed by atoms with Gasteiger partial charge in [-0.05, 0) is 19.9 Å². The SMILES string of the molecule is CC(C)S(=O)(=O)Cc1ncc(/C=C/C(=O)O)s1. The molecule has 0 amide bonds. The second-order valence-corrected chi connectivity index (χ2v) is 7.39. The minimum Gasteiger partial charge on any atom is -0.478 e. The number of carboxylic acid groups (broad SMARTS) is 1. The molecule has 0 fully saturated rings. The van der Waals surface area contributed by atoms with Crippen molar-refractivity contribution >= 4 is 33.2 Å². The van der Waals surface area contributed by atoms with Gasteiger partial charge in [0.2, 0.25) is 0 Å². The van der Waals surface area contributed by atoms with Gasteiger partial charge in [-0.15, -0.1) is 11.3 Å². The van der Waals surface area contributed by atoms with Crippen LogP contribution in [-0.4, -0.2) is 29.7 Å². The molecule has 0 aliphatic rings. The first kappa shape index (κ1) is 13.9. The largest absolute Gasteiger partial charge is 0.478 e. The Morgan fingerprint density at radius 2 is 2.24 bits per heavy atom. The second kappa shape index (κ2) is 5.42. The van der Waals surface area contributed by atoms with Gasteiger partial charge in [0.25, 0.3) is 0 Å². The van der Waals surface area contributed by atoms with Gasteiger partial charge in [-0.3, -0.25) is 0 Å². The molecule has 1 heterocycles. The average molecular weight is 275 g/mol. The standard InChI is InChI=1S/C10H13NO4S2/c1-7(2)17(14,15)6-9-11-5-8(16-9)3-4-10(12)13/h3-5,7H,6H2,1-2H3,(H,12,13)/b4-3+. The predicted molar refractivity (Wildman–Crippen MR) is 66.5 cm³/mol. The van der Waals surface area contributed by atoms with E-state index in [1.54, 1.807) is 13.8 Å². The van der Waals surface area contributed by atoms with Crippen molar-refractivity contribution in [2.75, 3.05) is 0 Å². The van der Waals surface area contributed by atoms with Gasteiger partial charge in [-0.2, -0.15) is 0 Å². The summed E-state index contributed by atoms with van der Waals surface area (Å²) in [6, 6.07) is 0. The summed E-state index contributed by atoms with van der Waals surface area (Å²) in [5.74, 6) is -1.15. The molecule has 0 unspecified atom stereocenters. The maximum atomic E-state index is 11.6. The summed E-state index contributed by atoms with van der Waals surface area (Å²) < 4.78 is 23.3. The maximum Gasteiger partial charge on any atom is 0.328 e. The molecule has 0 radical (unpaired) electrons. The molecular weight excluding hydrogens is 262 g/mol. The minimum atomic E-state index is -3.16. The third-order valence-electron chi connectivity index (χ3n) is 2.00. The number of aliphatic carboxylic acids is 1. The highest BCUT2D eigenvalue weighted by Crippen LogP contribution is 2.18. The number of rotatable bonds is 5. The molecule has 0 saturated carbocycles. The number of carboxylic acids is 1. The van der Waals surface area contributed by atoms with Gasteiger partial charge in [0.05, 0.1) is 5.25 Å². The van der Waals surface area contributed by atoms with Crippen LogP contribution in [0.5, 0.6) is 0 Å². The van der Waals surface area contributed by atoms with Crippen LogP contribution in [0.15, 0.2) is 12.3 Å². The summed E-state index contributed by atoms with van der Waals surface area (Å²) in [7, 11) is -3.16. The van der Waals surface area contributed by atoms with Gasteiger partial charge in [0.1, 0.15) is 10.8 Å². The van der Waals surface area contributed by atoms with E-state index in [2.05, 4.69) is 4.98 Å². The number of hydrogen-bond acceptors (Lipinski definition) is 5. The van der Waals surface area contributed by atoms with E-state index in [4.69, 9.17) is 5.11 Å². The molecule has 0 atom stereocenters. The molecule has 0 saturated heterocycles. The molecule has 0 bridgehead atoms. The summed E-state index contributed by atoms with van der Waals surface area (Å²) in [6.07, 6.45) is 3.86. The lowest BCUT2D eigenvalue weighted by atomic mass is 10.4. The van der Waals surface area contributed by atoms with Crippen LogP contribution < -0.4 is 0 Å². The Morgan fingerprint density at radius 1 is 1.59 bits per heavy atom. The average Bonchev–Trinajstić information content (AvgIpc) is 2.61. The van der Waals surface area contributed by atoms with Gasteiger partial charge < -0.3 is 5.11 Å². The molecule has 5 nitrogen and oxygen atoms in total. The molecule has 94 valence electrons. The molecule has 17 heavy (non-hydrogen) atoms. The zero-order valence-electron chi connectivity index (χ0n) is 9.45. The highest BCUT2D eigenvalue weighted by molar-refractivity contribution is 7.91. The van der Waals surface area contributed by atoms with E-state index in [0.29, 0.717) is 9.88 Å². The van der Waals surface area contributed by atoms with Gasteiger partial charge in [0, 0.05) is 17.2 Å². The Hall–Kier alpha value is -1.21. The molecule has 1 rings (SSSR count). The molecule has 0 spiro atoms. The first-order valence-corrected chi connectivity index (χ1v) is 7.42. The van der Waals surface area contributed by atoms with Crippen LogP contribution in [0.2, 0.25) is 0 Å². The Labute approximate surface area is 104 Å². The third-order valence-corrected chi connectivity index (χ3v) is 5.26. The van der Waals surface area contributed by atoms with Crippen molar-refractivity contribution in [2.45, 2.75) is 24.9 Å². The smallest absolute Gasteiger partial charge is 0.328 e. The van der Waals surface area contributed by atoms with Crippen LogP contribution in [0.25, 0.3) is 6.08 Å². The zero-order valence-corrected chi connectivity index (χ0v) is 11.1. The fraction of sp³-hybridized carbons (Fsp3) is 0.400. The van der Waals surface area contributed by atoms with E-state index in [9.17, 15) is 13.2 Å². The van der Waals surface area contributed by atoms with Crippen molar-refractivity contribution in [1.29, 1.82) is 0 Å². The maximum absolute atomic E-state index is 11.6. The zero-order chi connectivity index (χ0) is 13.1. The van der Waals surface area contributed by atoms with E-state index < -0.39 is 21.1 Å². The minimum absolute atomic E-state index is 0.101. The van der Waals surface area contributed by atoms with Gasteiger partial charge in [-0.1, -0.05) is 0 Å². The third kappa shape index (κ3) is 4.27. The Bertz CT molecular complexity index is 528. The van der Waals surface area contributed by atoms with Crippen LogP contribution >= 0.6 is 11.3 Å². The van der Waals surface area contributed by atoms with Crippen LogP contribution in [0.3, 0.4) is 0 Å². The summed E-state index contributed by atoms with van der Waals surface area (Å²) in [5.41, 5.74) is 0. The van der Waals surface area contributed by atoms with E-state index in [0.717, 1.165) is 6.08 Å². The molecule has 0 aliphatic heterocycles. The first-order valence-electron chi connectivity index (χ1n) is 4.88. The lowest BCUT2D eigenvalue weighted by molar-refractivity contribution is -0.131. The number of thiazole rings is 1. The second-order valence-electron chi connectivity index (χ2n) is 3.68. The normalized spacial score (nSPS) is 12.4. The summed E-state index contributed by atoms with van der Waals surface area (Å²) in [4.78, 5) is 14.9. The van der Waals surface area contributed by atoms with Crippen LogP contribution in [0.4, 0.5) is 0 Å². The van der Waals surface area contributed by atoms with E-state index in [1.807, 2.05) is 0 Å². The van der Waals surface area contributed by atoms with Crippen molar-refractivity contribution in [3.8, 4) is 0 Å². The van der Waals surface area contributed by atoms with Gasteiger partial charge in [0.15, 0.2) is 9.84 Å². The fourth-order valence-corrected chi connectivity index (χ4v) is 3.06. The van der Waals surface area contributed by atoms with Crippen molar-refractivity contribution in [3.05, 3.63) is 22.2 Å². The number of sulfone groups is 1. The van der Waals surface area contributed by atoms with Crippen molar-refractivity contribution in [2.24, 2.45) is 0 Å². The van der Waals surface area contributed by atoms with E-state index >= 15 is 0 Å². The molecule has 1 aromatic rings. The number of nitrogens with zero attached hydrogens (tertiary/aromatic N) is 1. The predicted octanol–water partition coefficient (Wildman–Crippen LogP) is 1.56. The quantitative estimate of drug-likeness (QED) is 0.824. The van der Waals surface area contributed by atoms with Gasteiger partial charge >= 0.3 is 5.97 Å². The van der Waals surface area contributed by atoms with Crippen molar-refractivity contribution in [3.63, 3.8) is 0 Å². The molecule has 1 N–H and O–H groups in total. The molecule has 7 heteroatoms. The summed E-state index contributed by atoms with van der Waals surface area (Å²) >= 11 is 1.18. The van der Waals surface area contributed by atoms with Crippen molar-refractivity contribution in [1.82, 2.24) is 4.98 Å². The van der Waals surface area contributed by atoms with Crippen LogP contribution in [-0.2, 0) is 20.4 Å². The summed E-state index contributed by atoms with van der Waals surface area (Å²) in [6.45, 7) is 3.24. The Kier molecular flexibility index (Phi) is 4.41. The van der Waals surface area contributed by atoms with E-state index in [-0.39, 0.29) is 5.75 Å². The monoisotopic (exact) mass is 275 g/mol. The molecule has 0 aromatic carbocycles. The lowest BCUT2D eigenvalue weighted by Gasteiger charge is -2.04. The number of aromatic nitrogens is 1. The lowest BCUT2D eigenvalue weighted by Crippen LogP contribution is -2.15. The molecule has 1 aromatic heterocycles. The highest BCUT2D eigenvalue weighted by Gasteiger charge is 2.18. The number of hydrogen-bond donors (Lipinski definition) is 1. The molecule has 0 aliphatic carbocycles. The highest BCUT2D eigenvalue weighted by atomic mass is 32.2. The topological polar surface area (TPSA) is 84.3 Å². The van der Waals surface area contributed by atoms with Crippen molar-refractivity contribution < 1.29 is 18.3 Å². The first-order chi connectivity index (χ1) is 7.81. The number of carbonyl (C=O) groups is 1. The van der Waals surface area contributed by atoms with Crippen LogP contribution in [0, 0.1) is 0 Å². The van der Waals surface area contributed by atoms with Gasteiger partial charge in [-0.25, -0.2) is 18.2 Å². The fourth-order valence-electron chi connectivity index (χ4n) is 0.960. The van der Waals surface area contributed by atoms with E-state index in [1.165, 1.54) is 23.6 Å². The Balaban J connectivity index is 2.80.